The average molecular weight is 281 g/mol. The highest BCUT2D eigenvalue weighted by Gasteiger charge is 2.27. The Balaban J connectivity index is 2.26. The van der Waals surface area contributed by atoms with Gasteiger partial charge in [0.15, 0.2) is 0 Å². The molecule has 0 spiro atoms. The summed E-state index contributed by atoms with van der Waals surface area (Å²) in [5, 5.41) is 5.14. The van der Waals surface area contributed by atoms with Crippen molar-refractivity contribution in [2.45, 2.75) is 32.0 Å². The van der Waals surface area contributed by atoms with Gasteiger partial charge in [0, 0.05) is 10.9 Å². The van der Waals surface area contributed by atoms with E-state index in [1.165, 1.54) is 4.88 Å². The molecule has 0 aromatic carbocycles. The van der Waals surface area contributed by atoms with E-state index in [9.17, 15) is 13.2 Å². The fraction of sp³-hybridized carbons (Fsp3) is 0.667. The fourth-order valence-corrected chi connectivity index (χ4v) is 2.35. The van der Waals surface area contributed by atoms with Gasteiger partial charge < -0.3 is 10.1 Å². The quantitative estimate of drug-likeness (QED) is 0.790. The predicted molar refractivity (Wildman–Crippen MR) is 67.0 cm³/mol. The number of aryl methyl sites for hydroxylation is 1. The van der Waals surface area contributed by atoms with Gasteiger partial charge in [-0.15, -0.1) is 11.3 Å². The van der Waals surface area contributed by atoms with E-state index in [4.69, 9.17) is 4.74 Å². The second-order valence-corrected chi connectivity index (χ2v) is 5.04. The third-order valence-corrected chi connectivity index (χ3v) is 3.33. The summed E-state index contributed by atoms with van der Waals surface area (Å²) in [6, 6.07) is 3.98. The van der Waals surface area contributed by atoms with Crippen LogP contribution in [0.25, 0.3) is 0 Å². The molecule has 1 N–H and O–H groups in total. The van der Waals surface area contributed by atoms with Gasteiger partial charge in [0.05, 0.1) is 6.61 Å². The van der Waals surface area contributed by atoms with Gasteiger partial charge in [-0.05, 0) is 30.8 Å². The minimum atomic E-state index is -4.25. The third kappa shape index (κ3) is 6.98. The molecule has 1 aromatic rings. The van der Waals surface area contributed by atoms with Crippen LogP contribution in [-0.2, 0) is 11.2 Å². The Morgan fingerprint density at radius 1 is 1.44 bits per heavy atom. The van der Waals surface area contributed by atoms with Crippen molar-refractivity contribution in [1.29, 1.82) is 0 Å². The summed E-state index contributed by atoms with van der Waals surface area (Å²) in [6.07, 6.45) is -2.60. The molecule has 104 valence electrons. The summed E-state index contributed by atoms with van der Waals surface area (Å²) < 4.78 is 40.6. The van der Waals surface area contributed by atoms with E-state index in [1.807, 2.05) is 24.4 Å². The van der Waals surface area contributed by atoms with E-state index >= 15 is 0 Å². The number of halogens is 3. The van der Waals surface area contributed by atoms with Crippen molar-refractivity contribution in [2.24, 2.45) is 0 Å². The molecule has 0 radical (unpaired) electrons. The molecular weight excluding hydrogens is 263 g/mol. The van der Waals surface area contributed by atoms with Crippen LogP contribution in [0.5, 0.6) is 0 Å². The lowest BCUT2D eigenvalue weighted by Crippen LogP contribution is -2.35. The Morgan fingerprint density at radius 3 is 2.78 bits per heavy atom. The lowest BCUT2D eigenvalue weighted by Gasteiger charge is -2.18. The Hall–Kier alpha value is -0.590. The van der Waals surface area contributed by atoms with E-state index in [1.54, 1.807) is 11.3 Å². The molecule has 1 unspecified atom stereocenters. The lowest BCUT2D eigenvalue weighted by molar-refractivity contribution is -0.175. The molecule has 0 fully saturated rings. The molecule has 0 amide bonds. The second kappa shape index (κ2) is 7.76. The van der Waals surface area contributed by atoms with Gasteiger partial charge in [-0.3, -0.25) is 0 Å². The van der Waals surface area contributed by atoms with Crippen LogP contribution in [0.4, 0.5) is 13.2 Å². The number of likely N-dealkylation sites (N-methyl/N-ethyl adjacent to an activating group) is 1. The number of nitrogens with one attached hydrogen (secondary N) is 1. The monoisotopic (exact) mass is 281 g/mol. The zero-order chi connectivity index (χ0) is 13.4. The highest BCUT2D eigenvalue weighted by molar-refractivity contribution is 7.09. The first-order chi connectivity index (χ1) is 8.51. The van der Waals surface area contributed by atoms with Crippen LogP contribution < -0.4 is 5.32 Å². The van der Waals surface area contributed by atoms with E-state index in [2.05, 4.69) is 5.32 Å². The molecule has 0 aliphatic heterocycles. The summed E-state index contributed by atoms with van der Waals surface area (Å²) >= 11 is 1.66. The maximum Gasteiger partial charge on any atom is 0.411 e. The van der Waals surface area contributed by atoms with Crippen molar-refractivity contribution in [3.63, 3.8) is 0 Å². The largest absolute Gasteiger partial charge is 0.411 e. The maximum absolute atomic E-state index is 12.0. The topological polar surface area (TPSA) is 21.3 Å². The number of alkyl halides is 3. The van der Waals surface area contributed by atoms with Gasteiger partial charge in [0.2, 0.25) is 0 Å². The number of hydrogen-bond acceptors (Lipinski definition) is 3. The fourth-order valence-electron chi connectivity index (χ4n) is 1.62. The van der Waals surface area contributed by atoms with Gasteiger partial charge in [-0.25, -0.2) is 0 Å². The molecule has 0 saturated carbocycles. The summed E-state index contributed by atoms with van der Waals surface area (Å²) in [7, 11) is 0. The molecule has 1 heterocycles. The number of hydrogen-bond donors (Lipinski definition) is 1. The predicted octanol–water partition coefficient (Wildman–Crippen LogP) is 3.24. The molecule has 6 heteroatoms. The van der Waals surface area contributed by atoms with Crippen LogP contribution in [-0.4, -0.2) is 32.0 Å². The first-order valence-electron chi connectivity index (χ1n) is 5.91. The van der Waals surface area contributed by atoms with Crippen LogP contribution in [0.3, 0.4) is 0 Å². The van der Waals surface area contributed by atoms with Gasteiger partial charge in [0.25, 0.3) is 0 Å². The SMILES string of the molecule is CCNC(CCc1cccs1)COCC(F)(F)F. The molecule has 1 rings (SSSR count). The van der Waals surface area contributed by atoms with Crippen molar-refractivity contribution >= 4 is 11.3 Å². The Kier molecular flexibility index (Phi) is 6.67. The molecular formula is C12H18F3NOS. The first kappa shape index (κ1) is 15.5. The van der Waals surface area contributed by atoms with Crippen LogP contribution >= 0.6 is 11.3 Å². The second-order valence-electron chi connectivity index (χ2n) is 4.00. The Labute approximate surface area is 109 Å². The molecule has 0 aliphatic carbocycles. The maximum atomic E-state index is 12.0. The third-order valence-electron chi connectivity index (χ3n) is 2.40. The number of thiophene rings is 1. The van der Waals surface area contributed by atoms with Crippen molar-refractivity contribution in [3.05, 3.63) is 22.4 Å². The zero-order valence-electron chi connectivity index (χ0n) is 10.3. The molecule has 1 aromatic heterocycles. The summed E-state index contributed by atoms with van der Waals surface area (Å²) in [5.41, 5.74) is 0. The van der Waals surface area contributed by atoms with Crippen LogP contribution in [0.2, 0.25) is 0 Å². The van der Waals surface area contributed by atoms with Crippen LogP contribution in [0.15, 0.2) is 17.5 Å². The van der Waals surface area contributed by atoms with E-state index in [0.29, 0.717) is 0 Å². The van der Waals surface area contributed by atoms with E-state index < -0.39 is 12.8 Å². The molecule has 2 nitrogen and oxygen atoms in total. The van der Waals surface area contributed by atoms with E-state index in [0.717, 1.165) is 19.4 Å². The molecule has 0 saturated heterocycles. The highest BCUT2D eigenvalue weighted by Crippen LogP contribution is 2.15. The van der Waals surface area contributed by atoms with Crippen molar-refractivity contribution in [3.8, 4) is 0 Å². The zero-order valence-corrected chi connectivity index (χ0v) is 11.1. The van der Waals surface area contributed by atoms with Gasteiger partial charge in [0.1, 0.15) is 6.61 Å². The molecule has 1 atom stereocenters. The standard InChI is InChI=1S/C12H18F3NOS/c1-2-16-10(8-17-9-12(13,14)15)5-6-11-4-3-7-18-11/h3-4,7,10,16H,2,5-6,8-9H2,1H3. The van der Waals surface area contributed by atoms with Crippen LogP contribution in [0, 0.1) is 0 Å². The van der Waals surface area contributed by atoms with Crippen LogP contribution in [0.1, 0.15) is 18.2 Å². The smallest absolute Gasteiger partial charge is 0.370 e. The van der Waals surface area contributed by atoms with Crippen molar-refractivity contribution in [2.75, 3.05) is 19.8 Å². The van der Waals surface area contributed by atoms with E-state index in [-0.39, 0.29) is 12.6 Å². The summed E-state index contributed by atoms with van der Waals surface area (Å²) in [6.45, 7) is 1.58. The highest BCUT2D eigenvalue weighted by atomic mass is 32.1. The number of ether oxygens (including phenoxy) is 1. The number of rotatable bonds is 8. The Bertz CT molecular complexity index is 314. The minimum absolute atomic E-state index is 0.0283. The summed E-state index contributed by atoms with van der Waals surface area (Å²) in [4.78, 5) is 1.24. The first-order valence-corrected chi connectivity index (χ1v) is 6.79. The average Bonchev–Trinajstić information content (AvgIpc) is 2.77. The lowest BCUT2D eigenvalue weighted by atomic mass is 10.1. The minimum Gasteiger partial charge on any atom is -0.370 e. The normalized spacial score (nSPS) is 13.8. The van der Waals surface area contributed by atoms with Crippen molar-refractivity contribution < 1.29 is 17.9 Å². The Morgan fingerprint density at radius 2 is 2.22 bits per heavy atom. The van der Waals surface area contributed by atoms with Gasteiger partial charge >= 0.3 is 6.18 Å². The van der Waals surface area contributed by atoms with Gasteiger partial charge in [-0.2, -0.15) is 13.2 Å². The molecule has 0 bridgehead atoms. The van der Waals surface area contributed by atoms with Gasteiger partial charge in [-0.1, -0.05) is 13.0 Å². The summed E-state index contributed by atoms with van der Waals surface area (Å²) in [5.74, 6) is 0. The molecule has 18 heavy (non-hydrogen) atoms. The molecule has 0 aliphatic rings. The van der Waals surface area contributed by atoms with Crippen molar-refractivity contribution in [1.82, 2.24) is 5.32 Å².